The summed E-state index contributed by atoms with van der Waals surface area (Å²) in [5.74, 6) is 0.485. The number of halogens is 1. The molecule has 0 N–H and O–H groups in total. The van der Waals surface area contributed by atoms with Gasteiger partial charge < -0.3 is 4.74 Å². The van der Waals surface area contributed by atoms with Crippen molar-refractivity contribution in [3.05, 3.63) is 12.7 Å². The van der Waals surface area contributed by atoms with E-state index >= 15 is 0 Å². The van der Waals surface area contributed by atoms with Crippen LogP contribution in [0.5, 0.6) is 0 Å². The fourth-order valence-corrected chi connectivity index (χ4v) is 2.26. The van der Waals surface area contributed by atoms with Gasteiger partial charge in [-0.25, -0.2) is 4.79 Å². The Kier molecular flexibility index (Phi) is 13.6. The fraction of sp³-hybridized carbons (Fsp3) is 0.812. The van der Waals surface area contributed by atoms with E-state index in [0.29, 0.717) is 0 Å². The number of carbonyl (C=O) groups is 1. The zero-order chi connectivity index (χ0) is 14.3. The number of unbranched alkanes of at least 4 members (excludes halogenated alkanes) is 8. The molecule has 0 aromatic rings. The normalized spacial score (nSPS) is 12.1. The van der Waals surface area contributed by atoms with Gasteiger partial charge in [-0.1, -0.05) is 51.5 Å². The SMILES string of the molecule is C=CC(=O)OC(C)CCCCCCCCCCCCl. The lowest BCUT2D eigenvalue weighted by atomic mass is 10.1. The lowest BCUT2D eigenvalue weighted by Gasteiger charge is -2.11. The van der Waals surface area contributed by atoms with Crippen molar-refractivity contribution in [2.45, 2.75) is 77.2 Å². The third-order valence-corrected chi connectivity index (χ3v) is 3.50. The van der Waals surface area contributed by atoms with Crippen molar-refractivity contribution in [1.29, 1.82) is 0 Å². The molecule has 112 valence electrons. The van der Waals surface area contributed by atoms with E-state index in [2.05, 4.69) is 6.58 Å². The first-order valence-electron chi connectivity index (χ1n) is 7.59. The smallest absolute Gasteiger partial charge is 0.330 e. The van der Waals surface area contributed by atoms with Gasteiger partial charge in [0.15, 0.2) is 0 Å². The first kappa shape index (κ1) is 18.5. The third-order valence-electron chi connectivity index (χ3n) is 3.23. The number of carbonyl (C=O) groups excluding carboxylic acids is 1. The number of ether oxygens (including phenoxy) is 1. The predicted octanol–water partition coefficient (Wildman–Crippen LogP) is 5.24. The van der Waals surface area contributed by atoms with E-state index in [4.69, 9.17) is 16.3 Å². The van der Waals surface area contributed by atoms with Crippen LogP contribution in [0, 0.1) is 0 Å². The van der Waals surface area contributed by atoms with Crippen molar-refractivity contribution in [2.75, 3.05) is 5.88 Å². The third kappa shape index (κ3) is 13.7. The Morgan fingerprint density at radius 2 is 1.53 bits per heavy atom. The van der Waals surface area contributed by atoms with Crippen LogP contribution in [0.25, 0.3) is 0 Å². The van der Waals surface area contributed by atoms with Gasteiger partial charge in [0.1, 0.15) is 0 Å². The van der Waals surface area contributed by atoms with Gasteiger partial charge in [-0.15, -0.1) is 11.6 Å². The lowest BCUT2D eigenvalue weighted by molar-refractivity contribution is -0.142. The molecule has 0 aromatic carbocycles. The monoisotopic (exact) mass is 288 g/mol. The molecule has 0 spiro atoms. The molecule has 0 radical (unpaired) electrons. The lowest BCUT2D eigenvalue weighted by Crippen LogP contribution is -2.12. The van der Waals surface area contributed by atoms with E-state index < -0.39 is 0 Å². The highest BCUT2D eigenvalue weighted by Gasteiger charge is 2.05. The van der Waals surface area contributed by atoms with Crippen molar-refractivity contribution in [3.63, 3.8) is 0 Å². The number of hydrogen-bond acceptors (Lipinski definition) is 2. The highest BCUT2D eigenvalue weighted by molar-refractivity contribution is 6.17. The fourth-order valence-electron chi connectivity index (χ4n) is 2.07. The van der Waals surface area contributed by atoms with Crippen molar-refractivity contribution in [2.24, 2.45) is 0 Å². The molecule has 1 atom stereocenters. The zero-order valence-corrected chi connectivity index (χ0v) is 13.1. The van der Waals surface area contributed by atoms with Crippen LogP contribution in [0.4, 0.5) is 0 Å². The van der Waals surface area contributed by atoms with E-state index in [1.807, 2.05) is 6.92 Å². The summed E-state index contributed by atoms with van der Waals surface area (Å²) >= 11 is 5.63. The minimum Gasteiger partial charge on any atom is -0.460 e. The number of esters is 1. The van der Waals surface area contributed by atoms with Crippen LogP contribution in [0.1, 0.15) is 71.1 Å². The van der Waals surface area contributed by atoms with E-state index in [-0.39, 0.29) is 12.1 Å². The molecular weight excluding hydrogens is 260 g/mol. The van der Waals surface area contributed by atoms with Crippen molar-refractivity contribution < 1.29 is 9.53 Å². The highest BCUT2D eigenvalue weighted by atomic mass is 35.5. The van der Waals surface area contributed by atoms with E-state index in [1.165, 1.54) is 51.0 Å². The van der Waals surface area contributed by atoms with E-state index in [9.17, 15) is 4.79 Å². The Bertz CT molecular complexity index is 229. The summed E-state index contributed by atoms with van der Waals surface area (Å²) in [6, 6.07) is 0. The standard InChI is InChI=1S/C16H29ClO2/c1-3-16(18)19-15(2)13-11-9-7-5-4-6-8-10-12-14-17/h3,15H,1,4-14H2,2H3. The molecule has 0 bridgehead atoms. The quantitative estimate of drug-likeness (QED) is 0.200. The van der Waals surface area contributed by atoms with Crippen LogP contribution in [0.3, 0.4) is 0 Å². The van der Waals surface area contributed by atoms with Crippen LogP contribution in [0.15, 0.2) is 12.7 Å². The van der Waals surface area contributed by atoms with Crippen LogP contribution < -0.4 is 0 Å². The van der Waals surface area contributed by atoms with Gasteiger partial charge in [0.2, 0.25) is 0 Å². The maximum Gasteiger partial charge on any atom is 0.330 e. The zero-order valence-electron chi connectivity index (χ0n) is 12.3. The average molecular weight is 289 g/mol. The Hall–Kier alpha value is -0.500. The molecule has 0 aliphatic rings. The van der Waals surface area contributed by atoms with Gasteiger partial charge in [0, 0.05) is 12.0 Å². The molecule has 0 aliphatic heterocycles. The molecular formula is C16H29ClO2. The topological polar surface area (TPSA) is 26.3 Å². The van der Waals surface area contributed by atoms with Gasteiger partial charge in [-0.3, -0.25) is 0 Å². The van der Waals surface area contributed by atoms with Gasteiger partial charge in [-0.05, 0) is 26.2 Å². The van der Waals surface area contributed by atoms with Gasteiger partial charge in [0.05, 0.1) is 6.10 Å². The molecule has 0 fully saturated rings. The molecule has 0 amide bonds. The second-order valence-electron chi connectivity index (χ2n) is 5.11. The molecule has 3 heteroatoms. The van der Waals surface area contributed by atoms with Crippen molar-refractivity contribution in [3.8, 4) is 0 Å². The van der Waals surface area contributed by atoms with Crippen LogP contribution >= 0.6 is 11.6 Å². The second kappa shape index (κ2) is 13.9. The summed E-state index contributed by atoms with van der Waals surface area (Å²) in [6.45, 7) is 5.33. The Balaban J connectivity index is 3.18. The van der Waals surface area contributed by atoms with Crippen LogP contribution in [-0.4, -0.2) is 18.0 Å². The van der Waals surface area contributed by atoms with Crippen molar-refractivity contribution >= 4 is 17.6 Å². The Morgan fingerprint density at radius 3 is 2.00 bits per heavy atom. The predicted molar refractivity (Wildman–Crippen MR) is 82.6 cm³/mol. The Labute approximate surface area is 123 Å². The highest BCUT2D eigenvalue weighted by Crippen LogP contribution is 2.12. The number of hydrogen-bond donors (Lipinski definition) is 0. The van der Waals surface area contributed by atoms with Crippen LogP contribution in [0.2, 0.25) is 0 Å². The molecule has 2 nitrogen and oxygen atoms in total. The Morgan fingerprint density at radius 1 is 1.05 bits per heavy atom. The summed E-state index contributed by atoms with van der Waals surface area (Å²) in [7, 11) is 0. The summed E-state index contributed by atoms with van der Waals surface area (Å²) < 4.78 is 5.11. The molecule has 0 rings (SSSR count). The molecule has 0 saturated carbocycles. The molecule has 0 heterocycles. The molecule has 19 heavy (non-hydrogen) atoms. The van der Waals surface area contributed by atoms with Gasteiger partial charge in [0.25, 0.3) is 0 Å². The maximum atomic E-state index is 11.0. The molecule has 0 aromatic heterocycles. The summed E-state index contributed by atoms with van der Waals surface area (Å²) in [5, 5.41) is 0. The summed E-state index contributed by atoms with van der Waals surface area (Å²) in [6.07, 6.45) is 13.6. The summed E-state index contributed by atoms with van der Waals surface area (Å²) in [4.78, 5) is 11.0. The van der Waals surface area contributed by atoms with Crippen molar-refractivity contribution in [1.82, 2.24) is 0 Å². The largest absolute Gasteiger partial charge is 0.460 e. The first-order chi connectivity index (χ1) is 9.20. The second-order valence-corrected chi connectivity index (χ2v) is 5.49. The minimum absolute atomic E-state index is 0.0149. The average Bonchev–Trinajstić information content (AvgIpc) is 2.40. The van der Waals surface area contributed by atoms with E-state index in [1.54, 1.807) is 0 Å². The number of alkyl halides is 1. The molecule has 0 aliphatic carbocycles. The molecule has 1 unspecified atom stereocenters. The number of rotatable bonds is 13. The first-order valence-corrected chi connectivity index (χ1v) is 8.13. The summed E-state index contributed by atoms with van der Waals surface area (Å²) in [5.41, 5.74) is 0. The van der Waals surface area contributed by atoms with E-state index in [0.717, 1.165) is 25.1 Å². The minimum atomic E-state index is -0.315. The van der Waals surface area contributed by atoms with Gasteiger partial charge >= 0.3 is 5.97 Å². The maximum absolute atomic E-state index is 11.0. The molecule has 0 saturated heterocycles. The van der Waals surface area contributed by atoms with Crippen LogP contribution in [-0.2, 0) is 9.53 Å². The van der Waals surface area contributed by atoms with Gasteiger partial charge in [-0.2, -0.15) is 0 Å².